The molecule has 2 atom stereocenters. The van der Waals surface area contributed by atoms with E-state index in [-0.39, 0.29) is 24.4 Å². The first kappa shape index (κ1) is 20.2. The summed E-state index contributed by atoms with van der Waals surface area (Å²) in [6.07, 6.45) is 7.65. The second kappa shape index (κ2) is 9.01. The molecule has 3 rings (SSSR count). The topological polar surface area (TPSA) is 68.2 Å². The Morgan fingerprint density at radius 1 is 1.44 bits per heavy atom. The molecule has 2 aliphatic heterocycles. The van der Waals surface area contributed by atoms with Gasteiger partial charge in [0.2, 0.25) is 5.91 Å². The lowest BCUT2D eigenvalue weighted by molar-refractivity contribution is -0.133. The maximum Gasteiger partial charge on any atom is 0.248 e. The number of ether oxygens (including phenoxy) is 1. The van der Waals surface area contributed by atoms with Crippen LogP contribution in [-0.2, 0) is 15.1 Å². The van der Waals surface area contributed by atoms with Crippen LogP contribution in [0.5, 0.6) is 0 Å². The van der Waals surface area contributed by atoms with Crippen molar-refractivity contribution in [3.63, 3.8) is 0 Å². The highest BCUT2D eigenvalue weighted by molar-refractivity contribution is 5.85. The van der Waals surface area contributed by atoms with Gasteiger partial charge in [-0.15, -0.1) is 12.4 Å². The monoisotopic (exact) mass is 370 g/mol. The molecule has 7 heteroatoms. The number of carbonyl (C=O) groups is 1. The lowest BCUT2D eigenvalue weighted by Gasteiger charge is -2.38. The number of nitrogens with one attached hydrogen (secondary N) is 2. The van der Waals surface area contributed by atoms with Crippen molar-refractivity contribution in [3.8, 4) is 0 Å². The van der Waals surface area contributed by atoms with Crippen molar-refractivity contribution in [2.45, 2.75) is 51.2 Å². The van der Waals surface area contributed by atoms with E-state index in [1.807, 2.05) is 16.9 Å². The van der Waals surface area contributed by atoms with E-state index in [0.29, 0.717) is 18.4 Å². The molecule has 1 aromatic heterocycles. The van der Waals surface area contributed by atoms with Crippen LogP contribution in [0.15, 0.2) is 18.5 Å². The summed E-state index contributed by atoms with van der Waals surface area (Å²) in [5, 5.41) is 10.9. The van der Waals surface area contributed by atoms with Gasteiger partial charge in [-0.2, -0.15) is 5.10 Å². The third-order valence-corrected chi connectivity index (χ3v) is 5.47. The summed E-state index contributed by atoms with van der Waals surface area (Å²) >= 11 is 0. The number of aromatic nitrogens is 2. The molecule has 1 aromatic rings. The molecular formula is C18H31ClN4O2. The maximum absolute atomic E-state index is 13.1. The van der Waals surface area contributed by atoms with Crippen molar-refractivity contribution in [3.05, 3.63) is 18.5 Å². The number of carbonyl (C=O) groups excluding carboxylic acids is 1. The molecule has 0 bridgehead atoms. The predicted molar refractivity (Wildman–Crippen MR) is 99.9 cm³/mol. The van der Waals surface area contributed by atoms with Crippen LogP contribution in [0.1, 0.15) is 39.5 Å². The minimum atomic E-state index is -0.558. The third kappa shape index (κ3) is 4.36. The summed E-state index contributed by atoms with van der Waals surface area (Å²) < 4.78 is 7.80. The Bertz CT molecular complexity index is 529. The van der Waals surface area contributed by atoms with Gasteiger partial charge in [-0.3, -0.25) is 9.48 Å². The number of hydrogen-bond acceptors (Lipinski definition) is 4. The van der Waals surface area contributed by atoms with Gasteiger partial charge in [-0.1, -0.05) is 13.8 Å². The number of rotatable bonds is 5. The largest absolute Gasteiger partial charge is 0.378 e. The minimum absolute atomic E-state index is 0. The van der Waals surface area contributed by atoms with Gasteiger partial charge in [0, 0.05) is 31.5 Å². The van der Waals surface area contributed by atoms with Gasteiger partial charge >= 0.3 is 0 Å². The minimum Gasteiger partial charge on any atom is -0.378 e. The molecule has 0 radical (unpaired) electrons. The van der Waals surface area contributed by atoms with Crippen LogP contribution < -0.4 is 10.6 Å². The van der Waals surface area contributed by atoms with Gasteiger partial charge in [0.15, 0.2) is 0 Å². The molecule has 2 saturated heterocycles. The smallest absolute Gasteiger partial charge is 0.248 e. The molecule has 0 saturated carbocycles. The molecule has 6 nitrogen and oxygen atoms in total. The van der Waals surface area contributed by atoms with E-state index in [1.54, 1.807) is 6.20 Å². The Labute approximate surface area is 156 Å². The van der Waals surface area contributed by atoms with Crippen LogP contribution in [0, 0.1) is 11.8 Å². The fourth-order valence-electron chi connectivity index (χ4n) is 4.13. The second-order valence-electron chi connectivity index (χ2n) is 7.42. The fourth-order valence-corrected chi connectivity index (χ4v) is 4.13. The van der Waals surface area contributed by atoms with Crippen molar-refractivity contribution in [2.75, 3.05) is 26.2 Å². The van der Waals surface area contributed by atoms with Gasteiger partial charge in [-0.25, -0.2) is 0 Å². The van der Waals surface area contributed by atoms with E-state index in [1.165, 1.54) is 0 Å². The molecule has 2 N–H and O–H groups in total. The first-order valence-electron chi connectivity index (χ1n) is 9.24. The zero-order valence-electron chi connectivity index (χ0n) is 15.2. The lowest BCUT2D eigenvalue weighted by atomic mass is 9.85. The van der Waals surface area contributed by atoms with Crippen LogP contribution >= 0.6 is 12.4 Å². The van der Waals surface area contributed by atoms with Crippen LogP contribution in [0.25, 0.3) is 0 Å². The zero-order chi connectivity index (χ0) is 17.0. The van der Waals surface area contributed by atoms with Crippen molar-refractivity contribution in [1.82, 2.24) is 20.4 Å². The molecule has 0 spiro atoms. The molecule has 142 valence electrons. The van der Waals surface area contributed by atoms with E-state index >= 15 is 0 Å². The zero-order valence-corrected chi connectivity index (χ0v) is 16.1. The molecule has 3 heterocycles. The Hall–Kier alpha value is -1.11. The summed E-state index contributed by atoms with van der Waals surface area (Å²) in [5.74, 6) is 0.978. The molecular weight excluding hydrogens is 340 g/mol. The Morgan fingerprint density at radius 2 is 2.20 bits per heavy atom. The molecule has 1 amide bonds. The van der Waals surface area contributed by atoms with E-state index in [4.69, 9.17) is 4.74 Å². The van der Waals surface area contributed by atoms with Crippen LogP contribution in [0.3, 0.4) is 0 Å². The summed E-state index contributed by atoms with van der Waals surface area (Å²) in [5.41, 5.74) is -0.558. The van der Waals surface area contributed by atoms with E-state index in [0.717, 1.165) is 45.4 Å². The number of amides is 1. The van der Waals surface area contributed by atoms with E-state index in [2.05, 4.69) is 29.6 Å². The average Bonchev–Trinajstić information content (AvgIpc) is 3.15. The standard InChI is InChI=1S/C18H30N4O2.ClH/c1-14(2)16-15(5-3-12-24-16)13-20-17(23)18(6-9-19-10-7-18)22-11-4-8-21-22;/h4,8,11,14-16,19H,3,5-7,9-10,12-13H2,1-2H3,(H,20,23);1H. The predicted octanol–water partition coefficient (Wildman–Crippen LogP) is 1.95. The summed E-state index contributed by atoms with van der Waals surface area (Å²) in [6.45, 7) is 7.61. The number of hydrogen-bond donors (Lipinski definition) is 2. The van der Waals surface area contributed by atoms with Gasteiger partial charge in [-0.05, 0) is 50.8 Å². The summed E-state index contributed by atoms with van der Waals surface area (Å²) in [7, 11) is 0. The van der Waals surface area contributed by atoms with Gasteiger partial charge in [0.1, 0.15) is 5.54 Å². The van der Waals surface area contributed by atoms with Gasteiger partial charge in [0.05, 0.1) is 6.10 Å². The first-order chi connectivity index (χ1) is 11.6. The molecule has 2 aliphatic rings. The Balaban J connectivity index is 0.00000225. The molecule has 0 aliphatic carbocycles. The van der Waals surface area contributed by atoms with Crippen molar-refractivity contribution >= 4 is 18.3 Å². The second-order valence-corrected chi connectivity index (χ2v) is 7.42. The molecule has 0 aromatic carbocycles. The highest BCUT2D eigenvalue weighted by atomic mass is 35.5. The van der Waals surface area contributed by atoms with Crippen LogP contribution in [0.4, 0.5) is 0 Å². The number of piperidine rings is 1. The average molecular weight is 371 g/mol. The Kier molecular flexibility index (Phi) is 7.28. The summed E-state index contributed by atoms with van der Waals surface area (Å²) in [4.78, 5) is 13.1. The highest BCUT2D eigenvalue weighted by Gasteiger charge is 2.42. The number of halogens is 1. The molecule has 2 unspecified atom stereocenters. The normalized spacial score (nSPS) is 26.0. The lowest BCUT2D eigenvalue weighted by Crippen LogP contribution is -2.55. The summed E-state index contributed by atoms with van der Waals surface area (Å²) in [6, 6.07) is 1.89. The van der Waals surface area contributed by atoms with Crippen molar-refractivity contribution in [2.24, 2.45) is 11.8 Å². The van der Waals surface area contributed by atoms with Gasteiger partial charge < -0.3 is 15.4 Å². The van der Waals surface area contributed by atoms with Gasteiger partial charge in [0.25, 0.3) is 0 Å². The Morgan fingerprint density at radius 3 is 2.84 bits per heavy atom. The fraction of sp³-hybridized carbons (Fsp3) is 0.778. The van der Waals surface area contributed by atoms with Crippen molar-refractivity contribution < 1.29 is 9.53 Å². The quantitative estimate of drug-likeness (QED) is 0.831. The van der Waals surface area contributed by atoms with Crippen LogP contribution in [0.2, 0.25) is 0 Å². The maximum atomic E-state index is 13.1. The SMILES string of the molecule is CC(C)C1OCCCC1CNC(=O)C1(n2cccn2)CCNCC1.Cl. The third-order valence-electron chi connectivity index (χ3n) is 5.47. The number of nitrogens with zero attached hydrogens (tertiary/aromatic N) is 2. The van der Waals surface area contributed by atoms with Crippen LogP contribution in [-0.4, -0.2) is 48.0 Å². The molecule has 2 fully saturated rings. The highest BCUT2D eigenvalue weighted by Crippen LogP contribution is 2.29. The van der Waals surface area contributed by atoms with E-state index < -0.39 is 5.54 Å². The molecule has 25 heavy (non-hydrogen) atoms. The first-order valence-corrected chi connectivity index (χ1v) is 9.24. The van der Waals surface area contributed by atoms with E-state index in [9.17, 15) is 4.79 Å². The van der Waals surface area contributed by atoms with Crippen molar-refractivity contribution in [1.29, 1.82) is 0 Å².